The van der Waals surface area contributed by atoms with Crippen LogP contribution in [0.15, 0.2) is 6.20 Å². The lowest BCUT2D eigenvalue weighted by atomic mass is 10.2. The summed E-state index contributed by atoms with van der Waals surface area (Å²) in [5, 5.41) is 15.6. The van der Waals surface area contributed by atoms with Gasteiger partial charge in [-0.1, -0.05) is 5.21 Å². The molecule has 1 aliphatic heterocycles. The van der Waals surface area contributed by atoms with Crippen LogP contribution in [-0.4, -0.2) is 68.6 Å². The molecule has 3 N–H and O–H groups in total. The second kappa shape index (κ2) is 5.65. The van der Waals surface area contributed by atoms with Crippen molar-refractivity contribution in [3.05, 3.63) is 11.9 Å². The van der Waals surface area contributed by atoms with Crippen molar-refractivity contribution in [3.63, 3.8) is 0 Å². The van der Waals surface area contributed by atoms with Crippen molar-refractivity contribution >= 4 is 17.8 Å². The van der Waals surface area contributed by atoms with E-state index in [1.54, 1.807) is 0 Å². The predicted octanol–water partition coefficient (Wildman–Crippen LogP) is -2.31. The maximum Gasteiger partial charge on any atom is 0.358 e. The molecule has 0 spiro atoms. The Bertz CT molecular complexity index is 542. The number of nitrogens with zero attached hydrogens (tertiary/aromatic N) is 4. The molecule has 1 fully saturated rings. The molecular weight excluding hydrogens is 270 g/mol. The summed E-state index contributed by atoms with van der Waals surface area (Å²) >= 11 is 0. The molecule has 0 radical (unpaired) electrons. The van der Waals surface area contributed by atoms with Gasteiger partial charge in [-0.2, -0.15) is 0 Å². The molecule has 20 heavy (non-hydrogen) atoms. The zero-order valence-electron chi connectivity index (χ0n) is 10.4. The largest absolute Gasteiger partial charge is 0.476 e. The molecule has 1 aliphatic rings. The number of amides is 2. The van der Waals surface area contributed by atoms with Crippen molar-refractivity contribution in [2.24, 2.45) is 5.73 Å². The summed E-state index contributed by atoms with van der Waals surface area (Å²) in [7, 11) is 0. The highest BCUT2D eigenvalue weighted by Crippen LogP contribution is 2.08. The molecule has 1 atom stereocenters. The molecule has 2 amide bonds. The topological polar surface area (TPSA) is 141 Å². The molecule has 1 aromatic rings. The minimum atomic E-state index is -1.23. The van der Waals surface area contributed by atoms with Gasteiger partial charge in [0.2, 0.25) is 11.8 Å². The van der Waals surface area contributed by atoms with E-state index in [-0.39, 0.29) is 25.4 Å². The van der Waals surface area contributed by atoms with E-state index in [9.17, 15) is 14.4 Å². The van der Waals surface area contributed by atoms with Gasteiger partial charge in [-0.3, -0.25) is 9.59 Å². The lowest BCUT2D eigenvalue weighted by Crippen LogP contribution is -2.55. The highest BCUT2D eigenvalue weighted by Gasteiger charge is 2.31. The third-order valence-corrected chi connectivity index (χ3v) is 2.83. The molecule has 0 aromatic carbocycles. The van der Waals surface area contributed by atoms with Crippen LogP contribution in [0.5, 0.6) is 0 Å². The van der Waals surface area contributed by atoms with Crippen LogP contribution >= 0.6 is 0 Å². The first-order chi connectivity index (χ1) is 9.49. The minimum Gasteiger partial charge on any atom is -0.476 e. The van der Waals surface area contributed by atoms with Crippen LogP contribution in [0.2, 0.25) is 0 Å². The second-order valence-electron chi connectivity index (χ2n) is 4.19. The monoisotopic (exact) mass is 283 g/mol. The van der Waals surface area contributed by atoms with Gasteiger partial charge in [-0.25, -0.2) is 9.48 Å². The van der Waals surface area contributed by atoms with Crippen LogP contribution in [-0.2, 0) is 20.9 Å². The van der Waals surface area contributed by atoms with Crippen LogP contribution < -0.4 is 5.73 Å². The molecule has 1 unspecified atom stereocenters. The number of carbonyl (C=O) groups excluding carboxylic acids is 2. The fourth-order valence-corrected chi connectivity index (χ4v) is 1.84. The number of morpholine rings is 1. The number of ether oxygens (including phenoxy) is 1. The van der Waals surface area contributed by atoms with Crippen LogP contribution in [0.1, 0.15) is 10.5 Å². The maximum atomic E-state index is 12.1. The van der Waals surface area contributed by atoms with Crippen molar-refractivity contribution in [2.75, 3.05) is 19.8 Å². The fraction of sp³-hybridized carbons (Fsp3) is 0.500. The van der Waals surface area contributed by atoms with Crippen LogP contribution in [0, 0.1) is 0 Å². The number of aromatic nitrogens is 3. The molecule has 1 aromatic heterocycles. The number of aromatic carboxylic acids is 1. The Morgan fingerprint density at radius 1 is 1.50 bits per heavy atom. The summed E-state index contributed by atoms with van der Waals surface area (Å²) < 4.78 is 6.20. The van der Waals surface area contributed by atoms with E-state index in [0.717, 1.165) is 10.9 Å². The lowest BCUT2D eigenvalue weighted by molar-refractivity contribution is -0.147. The van der Waals surface area contributed by atoms with Crippen molar-refractivity contribution in [2.45, 2.75) is 12.6 Å². The van der Waals surface area contributed by atoms with Gasteiger partial charge in [-0.05, 0) is 0 Å². The number of rotatable bonds is 4. The first-order valence-electron chi connectivity index (χ1n) is 5.79. The second-order valence-corrected chi connectivity index (χ2v) is 4.19. The van der Waals surface area contributed by atoms with E-state index in [1.165, 1.54) is 4.90 Å². The molecule has 10 heteroatoms. The number of carboxylic acid groups (broad SMARTS) is 1. The highest BCUT2D eigenvalue weighted by molar-refractivity contribution is 5.87. The van der Waals surface area contributed by atoms with E-state index in [0.29, 0.717) is 6.61 Å². The summed E-state index contributed by atoms with van der Waals surface area (Å²) in [6, 6.07) is -0.821. The van der Waals surface area contributed by atoms with Crippen LogP contribution in [0.4, 0.5) is 0 Å². The number of carbonyl (C=O) groups is 3. The number of hydrogen-bond donors (Lipinski definition) is 2. The van der Waals surface area contributed by atoms with Crippen molar-refractivity contribution < 1.29 is 24.2 Å². The van der Waals surface area contributed by atoms with E-state index < -0.39 is 23.8 Å². The Balaban J connectivity index is 2.05. The summed E-state index contributed by atoms with van der Waals surface area (Å²) in [4.78, 5) is 35.3. The van der Waals surface area contributed by atoms with Crippen molar-refractivity contribution in [3.8, 4) is 0 Å². The average molecular weight is 283 g/mol. The molecule has 2 heterocycles. The standard InChI is InChI=1S/C10H13N5O5/c11-9(17)7-5-20-2-1-15(7)8(16)4-14-3-6(10(18)19)12-13-14/h3,7H,1-2,4-5H2,(H2,11,17)(H,18,19). The third-order valence-electron chi connectivity index (χ3n) is 2.83. The molecule has 0 bridgehead atoms. The molecule has 0 saturated carbocycles. The minimum absolute atomic E-state index is 0.0544. The first kappa shape index (κ1) is 13.9. The number of nitrogens with two attached hydrogens (primary N) is 1. The van der Waals surface area contributed by atoms with Gasteiger partial charge in [0, 0.05) is 6.54 Å². The van der Waals surface area contributed by atoms with Gasteiger partial charge in [0.15, 0.2) is 5.69 Å². The predicted molar refractivity (Wildman–Crippen MR) is 62.5 cm³/mol. The van der Waals surface area contributed by atoms with E-state index in [2.05, 4.69) is 10.3 Å². The Morgan fingerprint density at radius 2 is 2.25 bits per heavy atom. The molecular formula is C10H13N5O5. The Kier molecular flexibility index (Phi) is 3.94. The summed E-state index contributed by atoms with van der Waals surface area (Å²) in [5.74, 6) is -2.29. The SMILES string of the molecule is NC(=O)C1COCCN1C(=O)Cn1cc(C(=O)O)nn1. The van der Waals surface area contributed by atoms with Crippen LogP contribution in [0.3, 0.4) is 0 Å². The number of carboxylic acids is 1. The van der Waals surface area contributed by atoms with Crippen molar-refractivity contribution in [1.29, 1.82) is 0 Å². The van der Waals surface area contributed by atoms with Gasteiger partial charge in [0.05, 0.1) is 19.4 Å². The highest BCUT2D eigenvalue weighted by atomic mass is 16.5. The quantitative estimate of drug-likeness (QED) is 0.632. The smallest absolute Gasteiger partial charge is 0.358 e. The van der Waals surface area contributed by atoms with Gasteiger partial charge >= 0.3 is 5.97 Å². The first-order valence-corrected chi connectivity index (χ1v) is 5.79. The van der Waals surface area contributed by atoms with E-state index in [1.807, 2.05) is 0 Å². The summed E-state index contributed by atoms with van der Waals surface area (Å²) in [5.41, 5.74) is 4.95. The van der Waals surface area contributed by atoms with Gasteiger partial charge in [0.1, 0.15) is 12.6 Å². The van der Waals surface area contributed by atoms with Gasteiger partial charge < -0.3 is 20.5 Å². The number of primary amides is 1. The average Bonchev–Trinajstić information content (AvgIpc) is 2.87. The summed E-state index contributed by atoms with van der Waals surface area (Å²) in [6.07, 6.45) is 1.14. The molecule has 108 valence electrons. The molecule has 2 rings (SSSR count). The third kappa shape index (κ3) is 2.91. The van der Waals surface area contributed by atoms with E-state index >= 15 is 0 Å². The van der Waals surface area contributed by atoms with Gasteiger partial charge in [0.25, 0.3) is 0 Å². The fourth-order valence-electron chi connectivity index (χ4n) is 1.84. The van der Waals surface area contributed by atoms with Crippen LogP contribution in [0.25, 0.3) is 0 Å². The van der Waals surface area contributed by atoms with Gasteiger partial charge in [-0.15, -0.1) is 5.10 Å². The summed E-state index contributed by atoms with van der Waals surface area (Å²) in [6.45, 7) is 0.392. The zero-order valence-corrected chi connectivity index (χ0v) is 10.4. The van der Waals surface area contributed by atoms with E-state index in [4.69, 9.17) is 15.6 Å². The Labute approximate surface area is 113 Å². The zero-order chi connectivity index (χ0) is 14.7. The maximum absolute atomic E-state index is 12.1. The normalized spacial score (nSPS) is 18.8. The molecule has 1 saturated heterocycles. The Morgan fingerprint density at radius 3 is 2.85 bits per heavy atom. The van der Waals surface area contributed by atoms with Crippen molar-refractivity contribution in [1.82, 2.24) is 19.9 Å². The Hall–Kier alpha value is -2.49. The number of hydrogen-bond acceptors (Lipinski definition) is 6. The molecule has 10 nitrogen and oxygen atoms in total. The lowest BCUT2D eigenvalue weighted by Gasteiger charge is -2.33. The molecule has 0 aliphatic carbocycles.